The van der Waals surface area contributed by atoms with Gasteiger partial charge in [-0.2, -0.15) is 0 Å². The maximum atomic E-state index is 12.4. The molecule has 0 unspecified atom stereocenters. The lowest BCUT2D eigenvalue weighted by Gasteiger charge is -2.39. The smallest absolute Gasteiger partial charge is 0.308 e. The molecule has 0 aliphatic carbocycles. The van der Waals surface area contributed by atoms with Gasteiger partial charge in [0.25, 0.3) is 0 Å². The average Bonchev–Trinajstić information content (AvgIpc) is 2.75. The van der Waals surface area contributed by atoms with Gasteiger partial charge in [0.15, 0.2) is 8.32 Å². The van der Waals surface area contributed by atoms with Crippen molar-refractivity contribution in [2.75, 3.05) is 35.5 Å². The summed E-state index contributed by atoms with van der Waals surface area (Å²) in [6.45, 7) is 10.7. The molecule has 2 aromatic rings. The van der Waals surface area contributed by atoms with Crippen molar-refractivity contribution in [1.29, 1.82) is 0 Å². The summed E-state index contributed by atoms with van der Waals surface area (Å²) in [5.74, 6) is 1.97. The van der Waals surface area contributed by atoms with Crippen molar-refractivity contribution in [3.63, 3.8) is 0 Å². The van der Waals surface area contributed by atoms with E-state index in [4.69, 9.17) is 28.1 Å². The molecule has 1 atom stereocenters. The Morgan fingerprint density at radius 1 is 0.875 bits per heavy atom. The van der Waals surface area contributed by atoms with Gasteiger partial charge in [0, 0.05) is 5.56 Å². The predicted octanol–water partition coefficient (Wildman–Crippen LogP) is 5.50. The number of carbonyl (C=O) groups is 1. The molecule has 178 valence electrons. The molecule has 0 heterocycles. The molecule has 2 rings (SSSR count). The second-order valence-electron chi connectivity index (χ2n) is 9.07. The van der Waals surface area contributed by atoms with Crippen LogP contribution in [0, 0.1) is 0 Å². The van der Waals surface area contributed by atoms with Crippen LogP contribution in [0.2, 0.25) is 18.1 Å². The van der Waals surface area contributed by atoms with Crippen LogP contribution in [-0.4, -0.2) is 49.8 Å². The van der Waals surface area contributed by atoms with Crippen molar-refractivity contribution < 1.29 is 32.9 Å². The average molecular weight is 465 g/mol. The lowest BCUT2D eigenvalue weighted by atomic mass is 9.97. The Kier molecular flexibility index (Phi) is 8.06. The van der Waals surface area contributed by atoms with E-state index in [1.165, 1.54) is 7.11 Å². The van der Waals surface area contributed by atoms with Gasteiger partial charge in [0.1, 0.15) is 23.0 Å². The van der Waals surface area contributed by atoms with Crippen LogP contribution in [0.3, 0.4) is 0 Å². The Hall–Kier alpha value is -2.45. The Morgan fingerprint density at radius 3 is 1.84 bits per heavy atom. The topological polar surface area (TPSA) is 72.5 Å². The molecule has 0 spiro atoms. The number of rotatable bonds is 9. The van der Waals surface area contributed by atoms with Gasteiger partial charge in [-0.05, 0) is 36.3 Å². The largest absolute Gasteiger partial charge is 0.496 e. The van der Waals surface area contributed by atoms with Crippen molar-refractivity contribution in [1.82, 2.24) is 0 Å². The number of fused-ring (bicyclic) bond motifs is 1. The summed E-state index contributed by atoms with van der Waals surface area (Å²) < 4.78 is 34.6. The minimum atomic E-state index is -2.26. The van der Waals surface area contributed by atoms with Crippen molar-refractivity contribution >= 4 is 25.1 Å². The lowest BCUT2D eigenvalue weighted by molar-refractivity contribution is -0.142. The van der Waals surface area contributed by atoms with Crippen molar-refractivity contribution in [3.8, 4) is 23.0 Å². The van der Waals surface area contributed by atoms with E-state index in [-0.39, 0.29) is 17.4 Å². The second-order valence-corrected chi connectivity index (χ2v) is 13.8. The third-order valence-corrected chi connectivity index (χ3v) is 10.7. The van der Waals surface area contributed by atoms with E-state index in [1.807, 2.05) is 18.2 Å². The Bertz CT molecular complexity index is 963. The van der Waals surface area contributed by atoms with Crippen molar-refractivity contribution in [3.05, 3.63) is 23.8 Å². The number of methoxy groups -OCH3 is 5. The Labute approximate surface area is 192 Å². The molecular formula is C24H36O7Si. The monoisotopic (exact) mass is 464 g/mol. The molecule has 0 radical (unpaired) electrons. The van der Waals surface area contributed by atoms with Gasteiger partial charge in [-0.3, -0.25) is 4.79 Å². The highest BCUT2D eigenvalue weighted by Gasteiger charge is 2.41. The van der Waals surface area contributed by atoms with Crippen LogP contribution >= 0.6 is 0 Å². The summed E-state index contributed by atoms with van der Waals surface area (Å²) in [7, 11) is 5.49. The zero-order chi connectivity index (χ0) is 24.3. The summed E-state index contributed by atoms with van der Waals surface area (Å²) in [4.78, 5) is 12.4. The van der Waals surface area contributed by atoms with Gasteiger partial charge in [-0.1, -0.05) is 20.8 Å². The van der Waals surface area contributed by atoms with E-state index >= 15 is 0 Å². The maximum absolute atomic E-state index is 12.4. The van der Waals surface area contributed by atoms with Crippen LogP contribution in [0.15, 0.2) is 18.2 Å². The number of hydrogen-bond acceptors (Lipinski definition) is 7. The molecule has 0 bridgehead atoms. The molecule has 32 heavy (non-hydrogen) atoms. The minimum Gasteiger partial charge on any atom is -0.496 e. The predicted molar refractivity (Wildman–Crippen MR) is 128 cm³/mol. The fourth-order valence-electron chi connectivity index (χ4n) is 3.40. The number of benzene rings is 2. The quantitative estimate of drug-likeness (QED) is 0.358. The molecular weight excluding hydrogens is 428 g/mol. The van der Waals surface area contributed by atoms with Crippen LogP contribution in [0.5, 0.6) is 23.0 Å². The third-order valence-electron chi connectivity index (χ3n) is 6.18. The van der Waals surface area contributed by atoms with Crippen molar-refractivity contribution in [2.24, 2.45) is 0 Å². The molecule has 0 aromatic heterocycles. The number of ether oxygens (including phenoxy) is 5. The van der Waals surface area contributed by atoms with Gasteiger partial charge in [-0.15, -0.1) is 0 Å². The Balaban J connectivity index is 2.88. The molecule has 0 fully saturated rings. The molecule has 8 heteroatoms. The molecule has 0 saturated heterocycles. The lowest BCUT2D eigenvalue weighted by Crippen LogP contribution is -2.42. The third kappa shape index (κ3) is 4.96. The standard InChI is InChI=1S/C24H36O7Si/c1-24(2,3)32(9,10)31-18(14-20(25)29-7)15-13-19(28-6)21-16(26-4)11-12-17(27-5)22(21)23(15)30-8/h11-13,18H,14H2,1-10H3/t18-/m0/s1. The highest BCUT2D eigenvalue weighted by Crippen LogP contribution is 2.50. The first kappa shape index (κ1) is 25.8. The molecule has 0 amide bonds. The van der Waals surface area contributed by atoms with E-state index in [1.54, 1.807) is 28.4 Å². The molecule has 0 saturated carbocycles. The normalized spacial score (nSPS) is 12.9. The Morgan fingerprint density at radius 2 is 1.41 bits per heavy atom. The minimum absolute atomic E-state index is 0.0420. The highest BCUT2D eigenvalue weighted by molar-refractivity contribution is 6.74. The van der Waals surface area contributed by atoms with Crippen molar-refractivity contribution in [2.45, 2.75) is 51.4 Å². The fraction of sp³-hybridized carbons (Fsp3) is 0.542. The zero-order valence-corrected chi connectivity index (χ0v) is 21.9. The van der Waals surface area contributed by atoms with E-state index < -0.39 is 14.4 Å². The molecule has 0 aliphatic rings. The molecule has 0 N–H and O–H groups in total. The second kappa shape index (κ2) is 10.00. The van der Waals surface area contributed by atoms with Gasteiger partial charge >= 0.3 is 5.97 Å². The van der Waals surface area contributed by atoms with E-state index in [0.29, 0.717) is 33.9 Å². The number of esters is 1. The van der Waals surface area contributed by atoms with Crippen LogP contribution in [0.25, 0.3) is 10.8 Å². The highest BCUT2D eigenvalue weighted by atomic mass is 28.4. The summed E-state index contributed by atoms with van der Waals surface area (Å²) in [5.41, 5.74) is 0.693. The van der Waals surface area contributed by atoms with Crippen LogP contribution < -0.4 is 18.9 Å². The molecule has 0 aliphatic heterocycles. The zero-order valence-electron chi connectivity index (χ0n) is 20.9. The van der Waals surface area contributed by atoms with Gasteiger partial charge < -0.3 is 28.1 Å². The molecule has 2 aromatic carbocycles. The van der Waals surface area contributed by atoms with Gasteiger partial charge in [0.2, 0.25) is 0 Å². The van der Waals surface area contributed by atoms with Crippen LogP contribution in [0.1, 0.15) is 38.9 Å². The number of hydrogen-bond donors (Lipinski definition) is 0. The van der Waals surface area contributed by atoms with E-state index in [2.05, 4.69) is 33.9 Å². The van der Waals surface area contributed by atoms with Crippen LogP contribution in [-0.2, 0) is 14.0 Å². The maximum Gasteiger partial charge on any atom is 0.308 e. The number of carbonyl (C=O) groups excluding carboxylic acids is 1. The van der Waals surface area contributed by atoms with E-state index in [0.717, 1.165) is 5.39 Å². The summed E-state index contributed by atoms with van der Waals surface area (Å²) in [6.07, 6.45) is -0.548. The van der Waals surface area contributed by atoms with Gasteiger partial charge in [0.05, 0.1) is 58.8 Å². The summed E-state index contributed by atoms with van der Waals surface area (Å²) in [6, 6.07) is 5.49. The SMILES string of the molecule is COC(=O)C[C@H](O[Si](C)(C)C(C)(C)C)c1cc(OC)c2c(OC)ccc(OC)c2c1OC. The first-order valence-electron chi connectivity index (χ1n) is 10.5. The summed E-state index contributed by atoms with van der Waals surface area (Å²) >= 11 is 0. The van der Waals surface area contributed by atoms with E-state index in [9.17, 15) is 4.79 Å². The first-order valence-corrected chi connectivity index (χ1v) is 13.4. The summed E-state index contributed by atoms with van der Waals surface area (Å²) in [5, 5.41) is 1.35. The van der Waals surface area contributed by atoms with Crippen LogP contribution in [0.4, 0.5) is 0 Å². The van der Waals surface area contributed by atoms with Gasteiger partial charge in [-0.25, -0.2) is 0 Å². The molecule has 7 nitrogen and oxygen atoms in total. The first-order chi connectivity index (χ1) is 14.9. The fourth-order valence-corrected chi connectivity index (χ4v) is 4.68.